The Kier molecular flexibility index (Phi) is 4.41. The van der Waals surface area contributed by atoms with Crippen LogP contribution in [-0.2, 0) is 0 Å². The van der Waals surface area contributed by atoms with E-state index in [0.717, 1.165) is 9.83 Å². The molecular formula is C8H14S4. The summed E-state index contributed by atoms with van der Waals surface area (Å²) in [5.74, 6) is 4.21. The summed E-state index contributed by atoms with van der Waals surface area (Å²) in [6, 6.07) is 0. The van der Waals surface area contributed by atoms with Crippen molar-refractivity contribution >= 4 is 47.0 Å². The van der Waals surface area contributed by atoms with Gasteiger partial charge >= 0.3 is 0 Å². The largest absolute Gasteiger partial charge is 0.151 e. The lowest BCUT2D eigenvalue weighted by molar-refractivity contribution is 0.889. The molecule has 12 heavy (non-hydrogen) atoms. The predicted molar refractivity (Wildman–Crippen MR) is 66.6 cm³/mol. The molecule has 0 aromatic rings. The zero-order chi connectivity index (χ0) is 8.23. The van der Waals surface area contributed by atoms with Gasteiger partial charge in [0.05, 0.1) is 4.58 Å². The average molecular weight is 238 g/mol. The molecule has 2 aliphatic rings. The number of rotatable bonds is 1. The van der Waals surface area contributed by atoms with Gasteiger partial charge in [0.15, 0.2) is 0 Å². The highest BCUT2D eigenvalue weighted by molar-refractivity contribution is 8.21. The van der Waals surface area contributed by atoms with Gasteiger partial charge in [0.2, 0.25) is 0 Å². The average Bonchev–Trinajstić information content (AvgIpc) is 2.21. The van der Waals surface area contributed by atoms with E-state index in [1.807, 2.05) is 0 Å². The standard InChI is InChI=1S/C8H14S4/c1-3-10-8(11-4-1)7-2-5-9-6-12-7/h7-8H,1-6H2. The number of thioether (sulfide) groups is 4. The van der Waals surface area contributed by atoms with Crippen LogP contribution in [-0.4, -0.2) is 32.2 Å². The van der Waals surface area contributed by atoms with Gasteiger partial charge in [0.1, 0.15) is 0 Å². The smallest absolute Gasteiger partial charge is 0.0621 e. The molecule has 0 radical (unpaired) electrons. The van der Waals surface area contributed by atoms with Crippen LogP contribution < -0.4 is 0 Å². The Balaban J connectivity index is 1.80. The first-order valence-corrected chi connectivity index (χ1v) is 8.69. The molecule has 2 heterocycles. The molecule has 2 fully saturated rings. The normalized spacial score (nSPS) is 33.5. The molecule has 2 aliphatic heterocycles. The molecule has 70 valence electrons. The molecule has 1 atom stereocenters. The Bertz CT molecular complexity index is 111. The Hall–Kier alpha value is 1.40. The second kappa shape index (κ2) is 5.32. The third-order valence-electron chi connectivity index (χ3n) is 2.07. The van der Waals surface area contributed by atoms with Crippen LogP contribution in [0.5, 0.6) is 0 Å². The van der Waals surface area contributed by atoms with Crippen LogP contribution in [0, 0.1) is 0 Å². The van der Waals surface area contributed by atoms with Gasteiger partial charge in [-0.2, -0.15) is 11.8 Å². The molecule has 4 heteroatoms. The van der Waals surface area contributed by atoms with E-state index in [9.17, 15) is 0 Å². The molecule has 1 unspecified atom stereocenters. The molecule has 0 bridgehead atoms. The lowest BCUT2D eigenvalue weighted by Crippen LogP contribution is -2.23. The fourth-order valence-electron chi connectivity index (χ4n) is 1.41. The van der Waals surface area contributed by atoms with Crippen LogP contribution in [0.1, 0.15) is 12.8 Å². The summed E-state index contributed by atoms with van der Waals surface area (Å²) in [6.07, 6.45) is 2.87. The van der Waals surface area contributed by atoms with Crippen LogP contribution in [0.4, 0.5) is 0 Å². The maximum Gasteiger partial charge on any atom is 0.0621 e. The summed E-state index contributed by atoms with van der Waals surface area (Å²) >= 11 is 8.70. The van der Waals surface area contributed by atoms with Gasteiger partial charge in [-0.25, -0.2) is 0 Å². The zero-order valence-electron chi connectivity index (χ0n) is 7.03. The highest BCUT2D eigenvalue weighted by atomic mass is 32.2. The molecule has 0 spiro atoms. The second-order valence-corrected chi connectivity index (χ2v) is 8.48. The number of hydrogen-bond donors (Lipinski definition) is 0. The minimum atomic E-state index is 0.921. The molecule has 2 saturated heterocycles. The molecule has 0 aromatic carbocycles. The van der Waals surface area contributed by atoms with E-state index in [-0.39, 0.29) is 0 Å². The van der Waals surface area contributed by atoms with Gasteiger partial charge in [0, 0.05) is 10.3 Å². The SMILES string of the molecule is C1CSC(C2CCSCS2)SC1. The Morgan fingerprint density at radius 1 is 0.917 bits per heavy atom. The van der Waals surface area contributed by atoms with E-state index in [1.165, 1.54) is 35.2 Å². The van der Waals surface area contributed by atoms with E-state index < -0.39 is 0 Å². The maximum absolute atomic E-state index is 2.20. The molecule has 0 N–H and O–H groups in total. The van der Waals surface area contributed by atoms with Crippen molar-refractivity contribution in [3.63, 3.8) is 0 Å². The van der Waals surface area contributed by atoms with Gasteiger partial charge in [0.25, 0.3) is 0 Å². The third kappa shape index (κ3) is 2.69. The van der Waals surface area contributed by atoms with Crippen molar-refractivity contribution in [2.24, 2.45) is 0 Å². The first kappa shape index (κ1) is 9.94. The summed E-state index contributed by atoms with van der Waals surface area (Å²) in [7, 11) is 0. The van der Waals surface area contributed by atoms with E-state index in [0.29, 0.717) is 0 Å². The lowest BCUT2D eigenvalue weighted by atomic mass is 10.4. The summed E-state index contributed by atoms with van der Waals surface area (Å²) in [5.41, 5.74) is 0. The van der Waals surface area contributed by atoms with E-state index >= 15 is 0 Å². The molecule has 0 aliphatic carbocycles. The highest BCUT2D eigenvalue weighted by Gasteiger charge is 2.26. The van der Waals surface area contributed by atoms with Crippen molar-refractivity contribution in [2.75, 3.05) is 22.3 Å². The van der Waals surface area contributed by atoms with Crippen molar-refractivity contribution in [1.82, 2.24) is 0 Å². The van der Waals surface area contributed by atoms with E-state index in [1.54, 1.807) is 0 Å². The van der Waals surface area contributed by atoms with Crippen LogP contribution >= 0.6 is 47.0 Å². The van der Waals surface area contributed by atoms with Crippen molar-refractivity contribution in [1.29, 1.82) is 0 Å². The molecule has 0 nitrogen and oxygen atoms in total. The van der Waals surface area contributed by atoms with Crippen molar-refractivity contribution < 1.29 is 0 Å². The molecule has 2 rings (SSSR count). The summed E-state index contributed by atoms with van der Waals surface area (Å²) < 4.78 is 0.921. The van der Waals surface area contributed by atoms with Crippen LogP contribution in [0.2, 0.25) is 0 Å². The predicted octanol–water partition coefficient (Wildman–Crippen LogP) is 3.38. The molecule has 0 aromatic heterocycles. The quantitative estimate of drug-likeness (QED) is 0.686. The van der Waals surface area contributed by atoms with Gasteiger partial charge in [-0.05, 0) is 30.1 Å². The van der Waals surface area contributed by atoms with E-state index in [2.05, 4.69) is 47.0 Å². The summed E-state index contributed by atoms with van der Waals surface area (Å²) in [5, 5.41) is 2.30. The third-order valence-corrected chi connectivity index (χ3v) is 8.26. The van der Waals surface area contributed by atoms with Gasteiger partial charge in [-0.15, -0.1) is 35.3 Å². The van der Waals surface area contributed by atoms with Crippen molar-refractivity contribution in [2.45, 2.75) is 22.7 Å². The first-order valence-electron chi connectivity index (χ1n) is 4.39. The number of hydrogen-bond acceptors (Lipinski definition) is 4. The van der Waals surface area contributed by atoms with E-state index in [4.69, 9.17) is 0 Å². The van der Waals surface area contributed by atoms with Gasteiger partial charge in [-0.3, -0.25) is 0 Å². The Morgan fingerprint density at radius 2 is 1.75 bits per heavy atom. The molecular weight excluding hydrogens is 224 g/mol. The molecule has 0 saturated carbocycles. The summed E-state index contributed by atoms with van der Waals surface area (Å²) in [6.45, 7) is 0. The van der Waals surface area contributed by atoms with Crippen LogP contribution in [0.15, 0.2) is 0 Å². The first-order chi connectivity index (χ1) is 5.97. The Morgan fingerprint density at radius 3 is 2.42 bits per heavy atom. The maximum atomic E-state index is 2.20. The minimum Gasteiger partial charge on any atom is -0.151 e. The van der Waals surface area contributed by atoms with Gasteiger partial charge < -0.3 is 0 Å². The van der Waals surface area contributed by atoms with Gasteiger partial charge in [-0.1, -0.05) is 0 Å². The monoisotopic (exact) mass is 238 g/mol. The van der Waals surface area contributed by atoms with Crippen molar-refractivity contribution in [3.8, 4) is 0 Å². The molecule has 0 amide bonds. The highest BCUT2D eigenvalue weighted by Crippen LogP contribution is 2.42. The lowest BCUT2D eigenvalue weighted by Gasteiger charge is -2.31. The minimum absolute atomic E-state index is 0.921. The fraction of sp³-hybridized carbons (Fsp3) is 1.00. The van der Waals surface area contributed by atoms with Crippen LogP contribution in [0.25, 0.3) is 0 Å². The summed E-state index contributed by atoms with van der Waals surface area (Å²) in [4.78, 5) is 0. The fourth-order valence-corrected chi connectivity index (χ4v) is 7.86. The zero-order valence-corrected chi connectivity index (χ0v) is 10.3. The topological polar surface area (TPSA) is 0 Å². The Labute approximate surface area is 91.8 Å². The van der Waals surface area contributed by atoms with Crippen LogP contribution in [0.3, 0.4) is 0 Å². The second-order valence-electron chi connectivity index (χ2n) is 2.98. The van der Waals surface area contributed by atoms with Crippen molar-refractivity contribution in [3.05, 3.63) is 0 Å².